The van der Waals surface area contributed by atoms with E-state index in [1.807, 2.05) is 140 Å². The fourth-order valence-electron chi connectivity index (χ4n) is 15.7. The number of hydrogen-bond donors (Lipinski definition) is 4. The number of para-hydroxylation sites is 2. The van der Waals surface area contributed by atoms with Crippen molar-refractivity contribution in [3.05, 3.63) is 224 Å². The van der Waals surface area contributed by atoms with Crippen LogP contribution in [0.15, 0.2) is 158 Å². The molecule has 122 heavy (non-hydrogen) atoms. The lowest BCUT2D eigenvalue weighted by molar-refractivity contribution is 0.0517. The molecule has 0 aromatic heterocycles. The maximum atomic E-state index is 16.8. The highest BCUT2D eigenvalue weighted by atomic mass is 16.6. The molecule has 13 rings (SSSR count). The number of imide groups is 2. The number of nitrogens with zero attached hydrogens (tertiary/aromatic N) is 2. The van der Waals surface area contributed by atoms with Gasteiger partial charge in [0.2, 0.25) is 0 Å². The number of carbonyl (C=O) groups is 8. The minimum absolute atomic E-state index is 0.0850. The van der Waals surface area contributed by atoms with Crippen molar-refractivity contribution in [2.45, 2.75) is 210 Å². The quantitative estimate of drug-likeness (QED) is 0.0170. The maximum Gasteiger partial charge on any atom is 0.407 e. The van der Waals surface area contributed by atoms with Gasteiger partial charge in [0.15, 0.2) is 0 Å². The van der Waals surface area contributed by atoms with Crippen LogP contribution in [0.25, 0.3) is 43.1 Å². The van der Waals surface area contributed by atoms with Crippen LogP contribution in [0, 0.1) is 0 Å². The zero-order valence-electron chi connectivity index (χ0n) is 73.4. The van der Waals surface area contributed by atoms with Gasteiger partial charge < -0.3 is 59.2 Å². The highest BCUT2D eigenvalue weighted by molar-refractivity contribution is 6.48. The number of nitrogens with one attached hydrogen (secondary N) is 4. The summed E-state index contributed by atoms with van der Waals surface area (Å²) in [5.74, 6) is -1.70. The van der Waals surface area contributed by atoms with Crippen LogP contribution in [-0.2, 0) is 44.6 Å². The van der Waals surface area contributed by atoms with Crippen molar-refractivity contribution >= 4 is 102 Å². The van der Waals surface area contributed by atoms with Crippen LogP contribution in [0.4, 0.5) is 30.6 Å². The molecule has 0 radical (unpaired) electrons. The van der Waals surface area contributed by atoms with Gasteiger partial charge in [-0.3, -0.25) is 19.2 Å². The summed E-state index contributed by atoms with van der Waals surface area (Å²) in [6.07, 6.45) is -0.592. The van der Waals surface area contributed by atoms with Gasteiger partial charge in [0.25, 0.3) is 23.6 Å². The van der Waals surface area contributed by atoms with Crippen LogP contribution in [0.2, 0.25) is 0 Å². The molecule has 0 unspecified atom stereocenters. The Morgan fingerprint density at radius 1 is 0.287 bits per heavy atom. The summed E-state index contributed by atoms with van der Waals surface area (Å²) in [4.78, 5) is 121. The number of benzene rings is 11. The van der Waals surface area contributed by atoms with E-state index in [1.54, 1.807) is 156 Å². The topological polar surface area (TPSA) is 265 Å². The molecule has 0 fully saturated rings. The van der Waals surface area contributed by atoms with Crippen LogP contribution >= 0.6 is 0 Å². The van der Waals surface area contributed by atoms with Crippen molar-refractivity contribution in [3.8, 4) is 46.0 Å². The SMILES string of the molecule is CC(C)c1cccc(C(C)C)c1N1C(=O)c2cc(Oc3ccc(CCNC(=O)OC(C)(C)C)cc3)c3c4c(Oc5ccc(CCNC(=O)OC(C)(C)C)cc5)cc5c6c(cc(Oc7ccc(CCNC(=O)OC(C)(C)C)cc7)c(c7c(Oc8ccc(CCNC(=O)OC(C)(C)C)cc8)cc(c2c37)C1=O)c64)C(=O)N(c1c(C(C)C)cccc1C(C)C)C5=O. The molecule has 2 aliphatic heterocycles. The molecule has 0 saturated heterocycles. The van der Waals surface area contributed by atoms with Gasteiger partial charge in [-0.2, -0.15) is 0 Å². The summed E-state index contributed by atoms with van der Waals surface area (Å²) in [7, 11) is 0. The van der Waals surface area contributed by atoms with Crippen LogP contribution < -0.4 is 50.0 Å². The third kappa shape index (κ3) is 19.2. The first-order chi connectivity index (χ1) is 57.6. The van der Waals surface area contributed by atoms with Crippen molar-refractivity contribution in [1.29, 1.82) is 0 Å². The van der Waals surface area contributed by atoms with Crippen molar-refractivity contribution in [2.24, 2.45) is 0 Å². The second-order valence-corrected chi connectivity index (χ2v) is 36.5. The van der Waals surface area contributed by atoms with Crippen LogP contribution in [-0.4, -0.2) is 96.6 Å². The number of ether oxygens (including phenoxy) is 8. The van der Waals surface area contributed by atoms with Crippen molar-refractivity contribution in [3.63, 3.8) is 0 Å². The van der Waals surface area contributed by atoms with Gasteiger partial charge in [-0.05, 0) is 250 Å². The minimum Gasteiger partial charge on any atom is -0.457 e. The summed E-state index contributed by atoms with van der Waals surface area (Å²) in [5, 5.41) is 13.6. The monoisotopic (exact) mass is 1650 g/mol. The largest absolute Gasteiger partial charge is 0.457 e. The minimum atomic E-state index is -0.715. The zero-order chi connectivity index (χ0) is 87.9. The first-order valence-electron chi connectivity index (χ1n) is 41.9. The fraction of sp³-hybridized carbons (Fsp3) is 0.360. The number of rotatable bonds is 26. The Morgan fingerprint density at radius 3 is 0.664 bits per heavy atom. The molecule has 0 aliphatic carbocycles. The number of hydrogen-bond acceptors (Lipinski definition) is 16. The molecule has 2 heterocycles. The summed E-state index contributed by atoms with van der Waals surface area (Å²) in [6, 6.07) is 47.6. The Kier molecular flexibility index (Phi) is 24.8. The number of carbonyl (C=O) groups excluding carboxylic acids is 8. The first-order valence-corrected chi connectivity index (χ1v) is 41.9. The first kappa shape index (κ1) is 87.1. The van der Waals surface area contributed by atoms with E-state index in [4.69, 9.17) is 37.9 Å². The van der Waals surface area contributed by atoms with Crippen LogP contribution in [0.3, 0.4) is 0 Å². The average molecular weight is 1650 g/mol. The smallest absolute Gasteiger partial charge is 0.407 e. The number of fused-ring (bicyclic) bond motifs is 2. The molecular weight excluding hydrogens is 1540 g/mol. The lowest BCUT2D eigenvalue weighted by atomic mass is 9.80. The van der Waals surface area contributed by atoms with Gasteiger partial charge in [-0.15, -0.1) is 0 Å². The predicted octanol–water partition coefficient (Wildman–Crippen LogP) is 23.3. The normalized spacial score (nSPS) is 13.1. The Hall–Kier alpha value is -12.7. The molecule has 4 N–H and O–H groups in total. The molecule has 2 aliphatic rings. The highest BCUT2D eigenvalue weighted by Crippen LogP contribution is 2.59. The Balaban J connectivity index is 1.14. The van der Waals surface area contributed by atoms with E-state index in [2.05, 4.69) is 21.3 Å². The predicted molar refractivity (Wildman–Crippen MR) is 477 cm³/mol. The second-order valence-electron chi connectivity index (χ2n) is 36.5. The lowest BCUT2D eigenvalue weighted by Crippen LogP contribution is -2.42. The molecule has 636 valence electrons. The van der Waals surface area contributed by atoms with Crippen molar-refractivity contribution in [2.75, 3.05) is 36.0 Å². The maximum absolute atomic E-state index is 16.8. The zero-order valence-corrected chi connectivity index (χ0v) is 73.4. The van der Waals surface area contributed by atoms with Gasteiger partial charge in [-0.1, -0.05) is 140 Å². The van der Waals surface area contributed by atoms with E-state index >= 15 is 19.2 Å². The molecule has 11 aromatic rings. The molecule has 0 atom stereocenters. The fourth-order valence-corrected chi connectivity index (χ4v) is 15.7. The van der Waals surface area contributed by atoms with Gasteiger partial charge in [0, 0.05) is 69.3 Å². The number of amides is 8. The molecule has 0 spiro atoms. The molecular formula is C100H110N6O16. The van der Waals surface area contributed by atoms with E-state index in [0.29, 0.717) is 60.1 Å². The third-order valence-corrected chi connectivity index (χ3v) is 21.0. The molecule has 11 aromatic carbocycles. The Labute approximate surface area is 712 Å². The van der Waals surface area contributed by atoms with Gasteiger partial charge >= 0.3 is 24.4 Å². The van der Waals surface area contributed by atoms with E-state index in [9.17, 15) is 19.2 Å². The number of anilines is 2. The van der Waals surface area contributed by atoms with Gasteiger partial charge in [0.1, 0.15) is 68.4 Å². The number of alkyl carbamates (subject to hydrolysis) is 4. The second kappa shape index (κ2) is 34.8. The molecule has 0 saturated carbocycles. The Morgan fingerprint density at radius 2 is 0.484 bits per heavy atom. The van der Waals surface area contributed by atoms with Gasteiger partial charge in [-0.25, -0.2) is 29.0 Å². The van der Waals surface area contributed by atoms with Gasteiger partial charge in [0.05, 0.1) is 33.6 Å². The molecule has 0 bridgehead atoms. The standard InChI is InChI=1S/C100H110N6O16/c1-55(2)67-23-21-24-68(56(3)4)87(67)105-89(107)71-51-75(115-63-35-27-59(28-36-63)43-47-101-93(111)119-97(9,10)11)81-83-77(117-65-39-31-61(32-40-65)45-49-103-95(113)121-99(15,16)17)53-73-80-74(92(110)106(91(73)109)88-69(57(5)6)25-22-26-70(88)58(7)8)54-78(118-66-41-33-62(34-42-66)46-50-104-96(114)122-100(18,19)20)84(86(80)83)82-76(52-72(90(105)108)79(71)85(81)82)116-64-37-29-60(30-38-64)44-48-102-94(112)120-98(12,13)14/h21-42,51-58H,43-50H2,1-20H3,(H,101,111)(H,102,112)(H,103,113)(H,104,114). The summed E-state index contributed by atoms with van der Waals surface area (Å²) >= 11 is 0. The van der Waals surface area contributed by atoms with E-state index in [-0.39, 0.29) is 138 Å². The van der Waals surface area contributed by atoms with Crippen molar-refractivity contribution in [1.82, 2.24) is 21.3 Å². The van der Waals surface area contributed by atoms with Crippen LogP contribution in [0.1, 0.15) is 248 Å². The molecule has 22 nitrogen and oxygen atoms in total. The van der Waals surface area contributed by atoms with E-state index < -0.39 is 70.4 Å². The Bertz CT molecular complexity index is 5180. The highest BCUT2D eigenvalue weighted by Gasteiger charge is 2.45. The van der Waals surface area contributed by atoms with E-state index in [1.165, 1.54) is 9.80 Å². The summed E-state index contributed by atoms with van der Waals surface area (Å²) in [6.45, 7) is 38.7. The van der Waals surface area contributed by atoms with Crippen molar-refractivity contribution < 1.29 is 76.3 Å². The van der Waals surface area contributed by atoms with Crippen LogP contribution in [0.5, 0.6) is 46.0 Å². The van der Waals surface area contributed by atoms with E-state index in [0.717, 1.165) is 44.5 Å². The molecule has 22 heteroatoms. The summed E-state index contributed by atoms with van der Waals surface area (Å²) < 4.78 is 52.0. The molecule has 8 amide bonds. The summed E-state index contributed by atoms with van der Waals surface area (Å²) in [5.41, 5.74) is 4.73. The third-order valence-electron chi connectivity index (χ3n) is 21.0. The lowest BCUT2D eigenvalue weighted by Gasteiger charge is -2.35. The average Bonchev–Trinajstić information content (AvgIpc) is 0.668.